The summed E-state index contributed by atoms with van der Waals surface area (Å²) >= 11 is 0. The number of benzene rings is 2. The zero-order valence-electron chi connectivity index (χ0n) is 12.1. The van der Waals surface area contributed by atoms with Crippen LogP contribution in [0, 0.1) is 23.0 Å². The van der Waals surface area contributed by atoms with Crippen LogP contribution >= 0.6 is 0 Å². The standard InChI is InChI=1S/C18H16F2N2/c19-17-4-2-1-3-14(17)11-22(16-6-7-16)12-15-9-13(10-21)5-8-18(15)20/h1-5,8-9,16H,6-7,11-12H2. The highest BCUT2D eigenvalue weighted by Crippen LogP contribution is 2.30. The van der Waals surface area contributed by atoms with Gasteiger partial charge in [-0.2, -0.15) is 5.26 Å². The van der Waals surface area contributed by atoms with E-state index in [2.05, 4.69) is 4.90 Å². The van der Waals surface area contributed by atoms with Crippen LogP contribution in [0.4, 0.5) is 8.78 Å². The fourth-order valence-corrected chi connectivity index (χ4v) is 2.58. The average Bonchev–Trinajstić information content (AvgIpc) is 3.35. The molecule has 0 aromatic heterocycles. The molecule has 0 heterocycles. The van der Waals surface area contributed by atoms with Gasteiger partial charge >= 0.3 is 0 Å². The zero-order chi connectivity index (χ0) is 15.5. The molecule has 112 valence electrons. The quantitative estimate of drug-likeness (QED) is 0.834. The monoisotopic (exact) mass is 298 g/mol. The first-order valence-corrected chi connectivity index (χ1v) is 7.33. The first-order chi connectivity index (χ1) is 10.7. The van der Waals surface area contributed by atoms with Gasteiger partial charge in [-0.05, 0) is 37.1 Å². The minimum Gasteiger partial charge on any atom is -0.292 e. The van der Waals surface area contributed by atoms with Crippen LogP contribution in [0.2, 0.25) is 0 Å². The highest BCUT2D eigenvalue weighted by Gasteiger charge is 2.30. The number of hydrogen-bond donors (Lipinski definition) is 0. The summed E-state index contributed by atoms with van der Waals surface area (Å²) < 4.78 is 27.8. The van der Waals surface area contributed by atoms with Crippen molar-refractivity contribution >= 4 is 0 Å². The largest absolute Gasteiger partial charge is 0.292 e. The molecule has 0 bridgehead atoms. The van der Waals surface area contributed by atoms with Crippen molar-refractivity contribution in [2.24, 2.45) is 0 Å². The molecule has 1 fully saturated rings. The first kappa shape index (κ1) is 14.7. The molecule has 1 saturated carbocycles. The Balaban J connectivity index is 1.81. The summed E-state index contributed by atoms with van der Waals surface area (Å²) in [4.78, 5) is 2.08. The van der Waals surface area contributed by atoms with E-state index in [0.29, 0.717) is 35.8 Å². The number of nitriles is 1. The molecule has 1 aliphatic rings. The minimum absolute atomic E-state index is 0.237. The molecule has 2 nitrogen and oxygen atoms in total. The van der Waals surface area contributed by atoms with Crippen molar-refractivity contribution < 1.29 is 8.78 Å². The molecule has 4 heteroatoms. The Morgan fingerprint density at radius 2 is 1.68 bits per heavy atom. The minimum atomic E-state index is -0.321. The Morgan fingerprint density at radius 3 is 2.36 bits per heavy atom. The third-order valence-corrected chi connectivity index (χ3v) is 3.94. The van der Waals surface area contributed by atoms with E-state index in [4.69, 9.17) is 5.26 Å². The lowest BCUT2D eigenvalue weighted by Gasteiger charge is -2.22. The molecule has 0 amide bonds. The fraction of sp³-hybridized carbons (Fsp3) is 0.278. The molecule has 0 atom stereocenters. The summed E-state index contributed by atoms with van der Waals surface area (Å²) in [5.74, 6) is -0.558. The summed E-state index contributed by atoms with van der Waals surface area (Å²) in [6.45, 7) is 0.841. The normalized spacial score (nSPS) is 14.1. The smallest absolute Gasteiger partial charge is 0.127 e. The third kappa shape index (κ3) is 3.32. The third-order valence-electron chi connectivity index (χ3n) is 3.94. The van der Waals surface area contributed by atoms with Crippen molar-refractivity contribution in [3.63, 3.8) is 0 Å². The van der Waals surface area contributed by atoms with Gasteiger partial charge in [0.1, 0.15) is 11.6 Å². The van der Waals surface area contributed by atoms with Crippen molar-refractivity contribution in [3.05, 3.63) is 70.8 Å². The molecule has 2 aromatic rings. The molecule has 0 aliphatic heterocycles. The molecule has 0 saturated heterocycles. The van der Waals surface area contributed by atoms with Gasteiger partial charge in [-0.1, -0.05) is 18.2 Å². The molecule has 2 aromatic carbocycles. The zero-order valence-corrected chi connectivity index (χ0v) is 12.1. The van der Waals surface area contributed by atoms with Crippen molar-refractivity contribution in [1.29, 1.82) is 5.26 Å². The van der Waals surface area contributed by atoms with E-state index >= 15 is 0 Å². The van der Waals surface area contributed by atoms with Gasteiger partial charge in [0, 0.05) is 30.3 Å². The second-order valence-electron chi connectivity index (χ2n) is 5.65. The highest BCUT2D eigenvalue weighted by molar-refractivity contribution is 5.34. The molecule has 0 spiro atoms. The number of halogens is 2. The van der Waals surface area contributed by atoms with Crippen molar-refractivity contribution in [3.8, 4) is 6.07 Å². The van der Waals surface area contributed by atoms with Crippen LogP contribution in [-0.4, -0.2) is 10.9 Å². The molecule has 0 radical (unpaired) electrons. The van der Waals surface area contributed by atoms with E-state index in [9.17, 15) is 8.78 Å². The number of nitrogens with zero attached hydrogens (tertiary/aromatic N) is 2. The summed E-state index contributed by atoms with van der Waals surface area (Å²) in [7, 11) is 0. The van der Waals surface area contributed by atoms with Gasteiger partial charge in [-0.25, -0.2) is 8.78 Å². The van der Waals surface area contributed by atoms with Gasteiger partial charge in [-0.15, -0.1) is 0 Å². The molecule has 0 unspecified atom stereocenters. The van der Waals surface area contributed by atoms with E-state index in [1.54, 1.807) is 24.3 Å². The molecular formula is C18H16F2N2. The Kier molecular flexibility index (Phi) is 4.17. The Hall–Kier alpha value is -2.25. The van der Waals surface area contributed by atoms with Gasteiger partial charge in [-0.3, -0.25) is 4.90 Å². The second kappa shape index (κ2) is 6.25. The van der Waals surface area contributed by atoms with Crippen molar-refractivity contribution in [2.75, 3.05) is 0 Å². The summed E-state index contributed by atoms with van der Waals surface area (Å²) in [5, 5.41) is 8.94. The maximum atomic E-state index is 14.0. The molecule has 22 heavy (non-hydrogen) atoms. The Labute approximate surface area is 128 Å². The predicted molar refractivity (Wildman–Crippen MR) is 79.8 cm³/mol. The van der Waals surface area contributed by atoms with Crippen LogP contribution in [0.1, 0.15) is 29.5 Å². The van der Waals surface area contributed by atoms with Gasteiger partial charge in [0.25, 0.3) is 0 Å². The maximum absolute atomic E-state index is 14.0. The SMILES string of the molecule is N#Cc1ccc(F)c(CN(Cc2ccccc2F)C2CC2)c1. The highest BCUT2D eigenvalue weighted by atomic mass is 19.1. The summed E-state index contributed by atoms with van der Waals surface area (Å²) in [6.07, 6.45) is 2.10. The van der Waals surface area contributed by atoms with Crippen molar-refractivity contribution in [2.45, 2.75) is 32.0 Å². The number of hydrogen-bond acceptors (Lipinski definition) is 2. The van der Waals surface area contributed by atoms with E-state index < -0.39 is 0 Å². The van der Waals surface area contributed by atoms with Crippen LogP contribution in [0.3, 0.4) is 0 Å². The summed E-state index contributed by atoms with van der Waals surface area (Å²) in [6, 6.07) is 13.4. The van der Waals surface area contributed by atoms with Gasteiger partial charge in [0.2, 0.25) is 0 Å². The predicted octanol–water partition coefficient (Wildman–Crippen LogP) is 4.00. The Morgan fingerprint density at radius 1 is 1.00 bits per heavy atom. The topological polar surface area (TPSA) is 27.0 Å². The van der Waals surface area contributed by atoms with E-state index in [-0.39, 0.29) is 11.6 Å². The Bertz CT molecular complexity index is 717. The second-order valence-corrected chi connectivity index (χ2v) is 5.65. The van der Waals surface area contributed by atoms with E-state index in [1.807, 2.05) is 6.07 Å². The van der Waals surface area contributed by atoms with Crippen LogP contribution in [0.25, 0.3) is 0 Å². The average molecular weight is 298 g/mol. The van der Waals surface area contributed by atoms with Crippen LogP contribution in [0.5, 0.6) is 0 Å². The van der Waals surface area contributed by atoms with Crippen LogP contribution in [-0.2, 0) is 13.1 Å². The molecule has 1 aliphatic carbocycles. The lowest BCUT2D eigenvalue weighted by atomic mass is 10.1. The van der Waals surface area contributed by atoms with Gasteiger partial charge in [0.15, 0.2) is 0 Å². The molecule has 3 rings (SSSR count). The lowest BCUT2D eigenvalue weighted by molar-refractivity contribution is 0.239. The van der Waals surface area contributed by atoms with Crippen LogP contribution < -0.4 is 0 Å². The molecular weight excluding hydrogens is 282 g/mol. The maximum Gasteiger partial charge on any atom is 0.127 e. The van der Waals surface area contributed by atoms with Gasteiger partial charge in [0.05, 0.1) is 11.6 Å². The lowest BCUT2D eigenvalue weighted by Crippen LogP contribution is -2.26. The molecule has 0 N–H and O–H groups in total. The van der Waals surface area contributed by atoms with E-state index in [1.165, 1.54) is 18.2 Å². The van der Waals surface area contributed by atoms with Crippen molar-refractivity contribution in [1.82, 2.24) is 4.90 Å². The fourth-order valence-electron chi connectivity index (χ4n) is 2.58. The van der Waals surface area contributed by atoms with E-state index in [0.717, 1.165) is 12.8 Å². The number of rotatable bonds is 5. The van der Waals surface area contributed by atoms with Gasteiger partial charge < -0.3 is 0 Å². The van der Waals surface area contributed by atoms with Crippen LogP contribution in [0.15, 0.2) is 42.5 Å². The first-order valence-electron chi connectivity index (χ1n) is 7.33. The summed E-state index contributed by atoms with van der Waals surface area (Å²) in [5.41, 5.74) is 1.55.